The lowest BCUT2D eigenvalue weighted by molar-refractivity contribution is 0.569. The van der Waals surface area contributed by atoms with E-state index in [0.29, 0.717) is 6.04 Å². The van der Waals surface area contributed by atoms with Crippen LogP contribution in [0.3, 0.4) is 0 Å². The molecule has 0 N–H and O–H groups in total. The topological polar surface area (TPSA) is 29.4 Å². The van der Waals surface area contributed by atoms with Crippen molar-refractivity contribution in [1.82, 2.24) is 0 Å². The highest BCUT2D eigenvalue weighted by atomic mass is 16.1. The van der Waals surface area contributed by atoms with Crippen LogP contribution in [0.5, 0.6) is 0 Å². The first-order chi connectivity index (χ1) is 5.93. The summed E-state index contributed by atoms with van der Waals surface area (Å²) in [6.45, 7) is 0. The predicted octanol–water partition coefficient (Wildman–Crippen LogP) is 2.17. The summed E-state index contributed by atoms with van der Waals surface area (Å²) < 4.78 is 0. The van der Waals surface area contributed by atoms with Crippen molar-refractivity contribution in [2.75, 3.05) is 0 Å². The molecule has 0 heterocycles. The van der Waals surface area contributed by atoms with Crippen molar-refractivity contribution < 1.29 is 4.79 Å². The van der Waals surface area contributed by atoms with Gasteiger partial charge in [0.05, 0.1) is 0 Å². The second-order valence-electron chi connectivity index (χ2n) is 3.23. The number of aliphatic imine (C=N–C) groups is 1. The normalized spacial score (nSPS) is 20.3. The summed E-state index contributed by atoms with van der Waals surface area (Å²) in [7, 11) is 0. The lowest BCUT2D eigenvalue weighted by Crippen LogP contribution is -2.01. The number of hydrogen-bond acceptors (Lipinski definition) is 2. The van der Waals surface area contributed by atoms with Crippen molar-refractivity contribution in [3.05, 3.63) is 6.08 Å². The lowest BCUT2D eigenvalue weighted by atomic mass is 10.1. The van der Waals surface area contributed by atoms with Gasteiger partial charge < -0.3 is 0 Å². The molecule has 66 valence electrons. The number of rotatable bonds is 2. The monoisotopic (exact) mass is 165 g/mol. The summed E-state index contributed by atoms with van der Waals surface area (Å²) in [4.78, 5) is 14.1. The van der Waals surface area contributed by atoms with Gasteiger partial charge in [-0.25, -0.2) is 4.79 Å². The number of nitrogens with zero attached hydrogens (tertiary/aromatic N) is 1. The first-order valence-corrected chi connectivity index (χ1v) is 4.66. The molecule has 0 aromatic heterocycles. The molecule has 1 rings (SSSR count). The van der Waals surface area contributed by atoms with Gasteiger partial charge in [0.15, 0.2) is 0 Å². The van der Waals surface area contributed by atoms with Crippen molar-refractivity contribution >= 4 is 12.2 Å². The molecule has 0 radical (unpaired) electrons. The van der Waals surface area contributed by atoms with Crippen molar-refractivity contribution in [1.29, 1.82) is 0 Å². The molecule has 2 nitrogen and oxygen atoms in total. The van der Waals surface area contributed by atoms with Gasteiger partial charge in [0, 0.05) is 18.3 Å². The number of allylic oxidation sites excluding steroid dienone is 1. The first kappa shape index (κ1) is 9.21. The van der Waals surface area contributed by atoms with E-state index >= 15 is 0 Å². The summed E-state index contributed by atoms with van der Waals surface area (Å²) in [5.74, 6) is 1.70. The second kappa shape index (κ2) is 5.73. The highest BCUT2D eigenvalue weighted by Gasteiger charge is 2.08. The minimum absolute atomic E-state index is 0.456. The average Bonchev–Trinajstić information content (AvgIpc) is 2.33. The fraction of sp³-hybridized carbons (Fsp3) is 0.700. The van der Waals surface area contributed by atoms with E-state index < -0.39 is 0 Å². The lowest BCUT2D eigenvalue weighted by Gasteiger charge is -2.05. The van der Waals surface area contributed by atoms with Gasteiger partial charge in [-0.3, -0.25) is 4.99 Å². The van der Waals surface area contributed by atoms with Crippen molar-refractivity contribution in [3.8, 4) is 0 Å². The Bertz CT molecular complexity index is 184. The molecule has 0 aromatic carbocycles. The molecule has 0 bridgehead atoms. The quantitative estimate of drug-likeness (QED) is 0.350. The fourth-order valence-corrected chi connectivity index (χ4v) is 1.60. The third kappa shape index (κ3) is 3.49. The molecule has 1 aliphatic carbocycles. The molecule has 12 heavy (non-hydrogen) atoms. The molecule has 0 amide bonds. The Morgan fingerprint density at radius 3 is 2.42 bits per heavy atom. The van der Waals surface area contributed by atoms with E-state index in [1.807, 2.05) is 0 Å². The van der Waals surface area contributed by atoms with Gasteiger partial charge in [-0.15, -0.1) is 0 Å². The van der Waals surface area contributed by atoms with Crippen LogP contribution in [0.15, 0.2) is 11.1 Å². The Kier molecular flexibility index (Phi) is 4.40. The number of carbonyl (C=O) groups excluding carboxylic acids is 1. The van der Waals surface area contributed by atoms with Gasteiger partial charge in [-0.05, 0) is 12.8 Å². The van der Waals surface area contributed by atoms with Gasteiger partial charge in [-0.1, -0.05) is 25.7 Å². The molecule has 1 fully saturated rings. The van der Waals surface area contributed by atoms with Gasteiger partial charge in [0.2, 0.25) is 0 Å². The van der Waals surface area contributed by atoms with Gasteiger partial charge in [0.1, 0.15) is 5.94 Å². The zero-order valence-corrected chi connectivity index (χ0v) is 7.33. The number of hydrogen-bond donors (Lipinski definition) is 0. The molecule has 1 saturated carbocycles. The first-order valence-electron chi connectivity index (χ1n) is 4.66. The maximum atomic E-state index is 9.84. The van der Waals surface area contributed by atoms with Crippen LogP contribution in [0.1, 0.15) is 38.5 Å². The SMILES string of the molecule is O=C=CC=NC1CCCCCC1. The summed E-state index contributed by atoms with van der Waals surface area (Å²) in [6, 6.07) is 0.456. The van der Waals surface area contributed by atoms with Crippen LogP contribution in [-0.4, -0.2) is 18.2 Å². The molecular weight excluding hydrogens is 150 g/mol. The van der Waals surface area contributed by atoms with Crippen LogP contribution in [-0.2, 0) is 4.79 Å². The molecule has 0 spiro atoms. The third-order valence-corrected chi connectivity index (χ3v) is 2.26. The van der Waals surface area contributed by atoms with E-state index in [0.717, 1.165) is 0 Å². The van der Waals surface area contributed by atoms with Crippen LogP contribution >= 0.6 is 0 Å². The van der Waals surface area contributed by atoms with E-state index in [1.54, 1.807) is 12.2 Å². The predicted molar refractivity (Wildman–Crippen MR) is 50.2 cm³/mol. The maximum absolute atomic E-state index is 9.84. The largest absolute Gasteiger partial charge is 0.289 e. The van der Waals surface area contributed by atoms with E-state index in [4.69, 9.17) is 0 Å². The van der Waals surface area contributed by atoms with Crippen molar-refractivity contribution in [2.45, 2.75) is 44.6 Å². The molecule has 0 unspecified atom stereocenters. The Hall–Kier alpha value is -0.880. The van der Waals surface area contributed by atoms with Crippen LogP contribution < -0.4 is 0 Å². The van der Waals surface area contributed by atoms with Gasteiger partial charge in [-0.2, -0.15) is 0 Å². The second-order valence-corrected chi connectivity index (χ2v) is 3.23. The van der Waals surface area contributed by atoms with Crippen LogP contribution in [0.2, 0.25) is 0 Å². The maximum Gasteiger partial charge on any atom is 0.126 e. The molecular formula is C10H15NO. The van der Waals surface area contributed by atoms with Crippen LogP contribution in [0.25, 0.3) is 0 Å². The molecule has 0 aromatic rings. The highest BCUT2D eigenvalue weighted by molar-refractivity contribution is 5.81. The van der Waals surface area contributed by atoms with Crippen LogP contribution in [0, 0.1) is 0 Å². The summed E-state index contributed by atoms with van der Waals surface area (Å²) in [5.41, 5.74) is 0. The minimum Gasteiger partial charge on any atom is -0.289 e. The van der Waals surface area contributed by atoms with E-state index in [1.165, 1.54) is 44.6 Å². The summed E-state index contributed by atoms with van der Waals surface area (Å²) in [6.07, 6.45) is 10.5. The fourth-order valence-electron chi connectivity index (χ4n) is 1.60. The summed E-state index contributed by atoms with van der Waals surface area (Å²) in [5, 5.41) is 0. The molecule has 0 atom stereocenters. The Morgan fingerprint density at radius 1 is 1.17 bits per heavy atom. The zero-order chi connectivity index (χ0) is 8.65. The molecule has 2 heteroatoms. The Labute approximate surface area is 73.4 Å². The standard InChI is InChI=1S/C10H15NO/c12-9-5-8-11-10-6-3-1-2-4-7-10/h5,8,10H,1-4,6-7H2. The summed E-state index contributed by atoms with van der Waals surface area (Å²) >= 11 is 0. The van der Waals surface area contributed by atoms with E-state index in [9.17, 15) is 4.79 Å². The average molecular weight is 165 g/mol. The molecule has 0 saturated heterocycles. The zero-order valence-electron chi connectivity index (χ0n) is 7.33. The van der Waals surface area contributed by atoms with E-state index in [-0.39, 0.29) is 0 Å². The smallest absolute Gasteiger partial charge is 0.126 e. The molecule has 0 aliphatic heterocycles. The minimum atomic E-state index is 0.456. The van der Waals surface area contributed by atoms with Gasteiger partial charge >= 0.3 is 0 Å². The third-order valence-electron chi connectivity index (χ3n) is 2.26. The van der Waals surface area contributed by atoms with Gasteiger partial charge in [0.25, 0.3) is 0 Å². The Morgan fingerprint density at radius 2 is 1.83 bits per heavy atom. The molecule has 1 aliphatic rings. The van der Waals surface area contributed by atoms with Crippen LogP contribution in [0.4, 0.5) is 0 Å². The van der Waals surface area contributed by atoms with Crippen molar-refractivity contribution in [3.63, 3.8) is 0 Å². The van der Waals surface area contributed by atoms with Crippen molar-refractivity contribution in [2.24, 2.45) is 4.99 Å². The Balaban J connectivity index is 2.33. The highest BCUT2D eigenvalue weighted by Crippen LogP contribution is 2.19. The van der Waals surface area contributed by atoms with E-state index in [2.05, 4.69) is 4.99 Å².